The third kappa shape index (κ3) is 3.25. The number of sulfone groups is 1. The van der Waals surface area contributed by atoms with Crippen molar-refractivity contribution in [3.05, 3.63) is 0 Å². The van der Waals surface area contributed by atoms with Crippen LogP contribution in [0.15, 0.2) is 0 Å². The Hall–Kier alpha value is -0.420. The van der Waals surface area contributed by atoms with Crippen LogP contribution in [-0.2, 0) is 14.6 Å². The highest BCUT2D eigenvalue weighted by atomic mass is 32.2. The summed E-state index contributed by atoms with van der Waals surface area (Å²) in [7, 11) is -3.02. The van der Waals surface area contributed by atoms with Crippen LogP contribution in [0.1, 0.15) is 52.4 Å². The molecule has 0 aromatic rings. The highest BCUT2D eigenvalue weighted by molar-refractivity contribution is 7.91. The molecule has 2 aliphatic rings. The Labute approximate surface area is 122 Å². The van der Waals surface area contributed by atoms with Crippen LogP contribution in [0.5, 0.6) is 0 Å². The fourth-order valence-corrected chi connectivity index (χ4v) is 4.88. The van der Waals surface area contributed by atoms with E-state index in [2.05, 4.69) is 4.90 Å². The summed E-state index contributed by atoms with van der Waals surface area (Å²) in [6.45, 7) is 5.98. The molecule has 1 heterocycles. The number of likely N-dealkylation sites (tertiary alicyclic amines) is 1. The van der Waals surface area contributed by atoms with E-state index < -0.39 is 15.4 Å². The van der Waals surface area contributed by atoms with Crippen molar-refractivity contribution in [3.63, 3.8) is 0 Å². The van der Waals surface area contributed by atoms with Crippen LogP contribution < -0.4 is 0 Å². The molecule has 5 heteroatoms. The second-order valence-electron chi connectivity index (χ2n) is 6.93. The van der Waals surface area contributed by atoms with Gasteiger partial charge in [-0.05, 0) is 59.0 Å². The average Bonchev–Trinajstić information content (AvgIpc) is 2.91. The lowest BCUT2D eigenvalue weighted by atomic mass is 9.78. The zero-order valence-electron chi connectivity index (χ0n) is 12.9. The van der Waals surface area contributed by atoms with E-state index in [0.29, 0.717) is 12.8 Å². The number of nitrogens with zero attached hydrogens (tertiary/aromatic N) is 1. The highest BCUT2D eigenvalue weighted by Crippen LogP contribution is 2.34. The van der Waals surface area contributed by atoms with E-state index in [1.54, 1.807) is 0 Å². The van der Waals surface area contributed by atoms with E-state index in [-0.39, 0.29) is 17.0 Å². The minimum Gasteiger partial charge on any atom is -0.297 e. The van der Waals surface area contributed by atoms with Crippen molar-refractivity contribution in [2.24, 2.45) is 5.92 Å². The Morgan fingerprint density at radius 2 is 1.70 bits per heavy atom. The van der Waals surface area contributed by atoms with Gasteiger partial charge < -0.3 is 0 Å². The first-order valence-corrected chi connectivity index (χ1v) is 9.66. The lowest BCUT2D eigenvalue weighted by Crippen LogP contribution is -2.52. The monoisotopic (exact) mass is 301 g/mol. The second-order valence-corrected chi connectivity index (χ2v) is 9.26. The van der Waals surface area contributed by atoms with Gasteiger partial charge in [0, 0.05) is 12.2 Å². The van der Waals surface area contributed by atoms with Crippen molar-refractivity contribution < 1.29 is 13.2 Å². The van der Waals surface area contributed by atoms with Gasteiger partial charge in [0.2, 0.25) is 0 Å². The van der Waals surface area contributed by atoms with Crippen LogP contribution >= 0.6 is 0 Å². The van der Waals surface area contributed by atoms with Crippen molar-refractivity contribution in [1.82, 2.24) is 4.90 Å². The minimum atomic E-state index is -3.02. The summed E-state index contributed by atoms with van der Waals surface area (Å²) >= 11 is 0. The summed E-state index contributed by atoms with van der Waals surface area (Å²) in [5.41, 5.74) is -0.444. The fraction of sp³-hybridized carbons (Fsp3) is 0.933. The van der Waals surface area contributed by atoms with Crippen LogP contribution in [0.2, 0.25) is 0 Å². The number of hydrogen-bond donors (Lipinski definition) is 0. The number of rotatable bonds is 4. The first-order chi connectivity index (χ1) is 9.23. The molecule has 0 N–H and O–H groups in total. The first-order valence-electron chi connectivity index (χ1n) is 7.71. The number of carbonyl (C=O) groups is 1. The number of ketones is 1. The van der Waals surface area contributed by atoms with Gasteiger partial charge in [0.1, 0.15) is 9.84 Å². The van der Waals surface area contributed by atoms with Crippen LogP contribution in [0, 0.1) is 5.92 Å². The molecule has 1 aliphatic carbocycles. The molecule has 0 radical (unpaired) electrons. The Balaban J connectivity index is 2.08. The van der Waals surface area contributed by atoms with Crippen LogP contribution in [0.25, 0.3) is 0 Å². The van der Waals surface area contributed by atoms with Gasteiger partial charge in [0.25, 0.3) is 0 Å². The van der Waals surface area contributed by atoms with Gasteiger partial charge in [-0.2, -0.15) is 0 Å². The summed E-state index contributed by atoms with van der Waals surface area (Å²) in [5, 5.41) is -0.320. The van der Waals surface area contributed by atoms with Crippen LogP contribution in [0.3, 0.4) is 0 Å². The third-order valence-corrected chi connectivity index (χ3v) is 6.74. The SMILES string of the molecule is CC(C)(C(=O)C1CCCC(S(C)(=O)=O)C1)N1CCCC1. The molecule has 20 heavy (non-hydrogen) atoms. The minimum absolute atomic E-state index is 0.0842. The lowest BCUT2D eigenvalue weighted by Gasteiger charge is -2.38. The van der Waals surface area contributed by atoms with Gasteiger partial charge in [0.05, 0.1) is 10.8 Å². The van der Waals surface area contributed by atoms with Crippen molar-refractivity contribution in [1.29, 1.82) is 0 Å². The Kier molecular flexibility index (Phi) is 4.59. The standard InChI is InChI=1S/C15H27NO3S/c1-15(2,16-9-4-5-10-16)14(17)12-7-6-8-13(11-12)20(3,18)19/h12-13H,4-11H2,1-3H3. The maximum atomic E-state index is 12.8. The van der Waals surface area contributed by atoms with E-state index >= 15 is 0 Å². The quantitative estimate of drug-likeness (QED) is 0.797. The van der Waals surface area contributed by atoms with Crippen molar-refractivity contribution in [2.45, 2.75) is 63.2 Å². The van der Waals surface area contributed by atoms with Crippen molar-refractivity contribution in [3.8, 4) is 0 Å². The zero-order chi connectivity index (χ0) is 15.0. The van der Waals surface area contributed by atoms with E-state index in [4.69, 9.17) is 0 Å². The molecular weight excluding hydrogens is 274 g/mol. The summed E-state index contributed by atoms with van der Waals surface area (Å²) < 4.78 is 23.5. The molecular formula is C15H27NO3S. The largest absolute Gasteiger partial charge is 0.297 e. The molecule has 0 aromatic heterocycles. The number of hydrogen-bond acceptors (Lipinski definition) is 4. The zero-order valence-corrected chi connectivity index (χ0v) is 13.7. The molecule has 4 nitrogen and oxygen atoms in total. The van der Waals surface area contributed by atoms with E-state index in [1.165, 1.54) is 6.26 Å². The fourth-order valence-electron chi connectivity index (χ4n) is 3.70. The van der Waals surface area contributed by atoms with Gasteiger partial charge in [-0.3, -0.25) is 9.69 Å². The third-order valence-electron chi connectivity index (χ3n) is 5.10. The smallest absolute Gasteiger partial charge is 0.155 e. The van der Waals surface area contributed by atoms with Gasteiger partial charge in [-0.25, -0.2) is 8.42 Å². The van der Waals surface area contributed by atoms with E-state index in [0.717, 1.165) is 38.8 Å². The predicted octanol–water partition coefficient (Wildman–Crippen LogP) is 2.03. The summed E-state index contributed by atoms with van der Waals surface area (Å²) in [6, 6.07) is 0. The Bertz CT molecular complexity index is 464. The highest BCUT2D eigenvalue weighted by Gasteiger charge is 2.42. The predicted molar refractivity (Wildman–Crippen MR) is 80.5 cm³/mol. The molecule has 2 atom stereocenters. The molecule has 1 saturated carbocycles. The molecule has 1 aliphatic heterocycles. The number of Topliss-reactive ketones (excluding diaryl/α,β-unsaturated/α-hetero) is 1. The molecule has 0 amide bonds. The molecule has 2 fully saturated rings. The van der Waals surface area contributed by atoms with Crippen molar-refractivity contribution in [2.75, 3.05) is 19.3 Å². The van der Waals surface area contributed by atoms with Crippen LogP contribution in [0.4, 0.5) is 0 Å². The molecule has 116 valence electrons. The molecule has 0 spiro atoms. The van der Waals surface area contributed by atoms with Crippen LogP contribution in [-0.4, -0.2) is 49.2 Å². The molecule has 0 bridgehead atoms. The molecule has 1 saturated heterocycles. The van der Waals surface area contributed by atoms with E-state index in [1.807, 2.05) is 13.8 Å². The molecule has 2 rings (SSSR count). The average molecular weight is 301 g/mol. The maximum Gasteiger partial charge on any atom is 0.155 e. The molecule has 0 aromatic carbocycles. The maximum absolute atomic E-state index is 12.8. The summed E-state index contributed by atoms with van der Waals surface area (Å²) in [5.74, 6) is 0.159. The first kappa shape index (κ1) is 16.0. The van der Waals surface area contributed by atoms with Crippen molar-refractivity contribution >= 4 is 15.6 Å². The normalized spacial score (nSPS) is 29.6. The number of carbonyl (C=O) groups excluding carboxylic acids is 1. The van der Waals surface area contributed by atoms with Gasteiger partial charge in [-0.1, -0.05) is 6.42 Å². The summed E-state index contributed by atoms with van der Waals surface area (Å²) in [4.78, 5) is 15.1. The van der Waals surface area contributed by atoms with Gasteiger partial charge in [-0.15, -0.1) is 0 Å². The molecule has 2 unspecified atom stereocenters. The Morgan fingerprint density at radius 1 is 1.10 bits per heavy atom. The topological polar surface area (TPSA) is 54.5 Å². The van der Waals surface area contributed by atoms with Gasteiger partial charge >= 0.3 is 0 Å². The summed E-state index contributed by atoms with van der Waals surface area (Å²) in [6.07, 6.45) is 6.56. The Morgan fingerprint density at radius 3 is 2.25 bits per heavy atom. The van der Waals surface area contributed by atoms with E-state index in [9.17, 15) is 13.2 Å². The second kappa shape index (κ2) is 5.76. The lowest BCUT2D eigenvalue weighted by molar-refractivity contribution is -0.133. The van der Waals surface area contributed by atoms with Gasteiger partial charge in [0.15, 0.2) is 5.78 Å².